The Kier molecular flexibility index (Phi) is 12.8. The van der Waals surface area contributed by atoms with Gasteiger partial charge in [0.1, 0.15) is 11.5 Å². The second kappa shape index (κ2) is 16.2. The molecule has 7 aromatic rings. The molecule has 5 heteroatoms. The molecule has 0 aliphatic heterocycles. The maximum atomic E-state index is 5.19. The van der Waals surface area contributed by atoms with Crippen LogP contribution in [0.15, 0.2) is 146 Å². The maximum Gasteiger partial charge on any atom is -0.0771 e. The second-order valence-electron chi connectivity index (χ2n) is 9.29. The Morgan fingerprint density at radius 2 is 1.00 bits per heavy atom. The van der Waals surface area contributed by atoms with Crippen LogP contribution in [0.25, 0.3) is 32.3 Å². The standard InChI is InChI=1S/C13H9.C13H10.C11H11O2.2ClH.Zr/c1-3-7-12-10(5-1)9-11-6-2-4-8-13(11)12;1-3-7-12(8-4-1)11-13-9-5-2-6-10-13;1-12-10-6-8-4-3-5-9(8)7-11(10)13-2;;;/h1-9H;1-10H;3-7H,1-2H3;2*1H;/q-1;;-1;;;+2/p-2. The first-order valence-corrected chi connectivity index (χ1v) is 14.4. The van der Waals surface area contributed by atoms with Gasteiger partial charge in [0, 0.05) is 0 Å². The van der Waals surface area contributed by atoms with Gasteiger partial charge >= 0.3 is 99.2 Å². The van der Waals surface area contributed by atoms with Crippen LogP contribution in [0.1, 0.15) is 11.1 Å². The third kappa shape index (κ3) is 7.87. The molecular weight excluding hydrogens is 639 g/mol. The number of hydrogen-bond acceptors (Lipinski definition) is 2. The predicted molar refractivity (Wildman–Crippen MR) is 166 cm³/mol. The molecule has 0 aromatic heterocycles. The molecule has 0 spiro atoms. The Morgan fingerprint density at radius 1 is 0.548 bits per heavy atom. The fourth-order valence-corrected chi connectivity index (χ4v) is 5.55. The van der Waals surface area contributed by atoms with Crippen molar-refractivity contribution in [1.29, 1.82) is 0 Å². The molecule has 0 unspecified atom stereocenters. The normalized spacial score (nSPS) is 9.90. The largest absolute Gasteiger partial charge is 0.126 e. The van der Waals surface area contributed by atoms with Gasteiger partial charge in [-0.15, -0.1) is 56.6 Å². The van der Waals surface area contributed by atoms with Crippen molar-refractivity contribution in [3.05, 3.63) is 157 Å². The molecule has 2 nitrogen and oxygen atoms in total. The van der Waals surface area contributed by atoms with Gasteiger partial charge in [0.2, 0.25) is 0 Å². The number of halogens is 2. The average Bonchev–Trinajstić information content (AvgIpc) is 3.65. The Bertz CT molecular complexity index is 1710. The minimum Gasteiger partial charge on any atom is -0.126 e. The van der Waals surface area contributed by atoms with Crippen molar-refractivity contribution in [1.82, 2.24) is 0 Å². The summed E-state index contributed by atoms with van der Waals surface area (Å²) in [5, 5.41) is 7.75. The average molecular weight is 669 g/mol. The summed E-state index contributed by atoms with van der Waals surface area (Å²) in [6.45, 7) is 0. The number of methoxy groups -OCH3 is 2. The van der Waals surface area contributed by atoms with E-state index >= 15 is 0 Å². The Balaban J connectivity index is 0.000000169. The minimum atomic E-state index is 0. The van der Waals surface area contributed by atoms with E-state index in [1.165, 1.54) is 70.9 Å². The van der Waals surface area contributed by atoms with Crippen LogP contribution >= 0.6 is 0 Å². The topological polar surface area (TPSA) is 18.5 Å². The van der Waals surface area contributed by atoms with E-state index in [0.717, 1.165) is 11.5 Å². The van der Waals surface area contributed by atoms with Crippen molar-refractivity contribution in [3.8, 4) is 11.5 Å². The van der Waals surface area contributed by atoms with Gasteiger partial charge in [0.25, 0.3) is 0 Å². The van der Waals surface area contributed by atoms with Crippen LogP contribution < -0.4 is 34.3 Å². The van der Waals surface area contributed by atoms with Crippen LogP contribution in [0.2, 0.25) is 0 Å². The zero-order chi connectivity index (χ0) is 27.7. The monoisotopic (exact) mass is 666 g/mol. The second-order valence-corrected chi connectivity index (χ2v) is 10.5. The SMILES string of the molecule is COc1cc2cc[cH-]c2cc1OC.[Cl-].[Cl-].[Zr+2]=[C](c1ccccc1)c1ccccc1.c1ccc2c(c1)[cH-]c1ccccc12. The van der Waals surface area contributed by atoms with E-state index in [4.69, 9.17) is 9.47 Å². The van der Waals surface area contributed by atoms with Gasteiger partial charge in [-0.2, -0.15) is 12.1 Å². The van der Waals surface area contributed by atoms with Crippen LogP contribution in [-0.2, 0) is 24.2 Å². The van der Waals surface area contributed by atoms with E-state index in [9.17, 15) is 0 Å². The fraction of sp³-hybridized carbons (Fsp3) is 0.0541. The van der Waals surface area contributed by atoms with Crippen molar-refractivity contribution in [2.75, 3.05) is 14.2 Å². The van der Waals surface area contributed by atoms with Crippen molar-refractivity contribution in [3.63, 3.8) is 0 Å². The maximum absolute atomic E-state index is 5.19. The quantitative estimate of drug-likeness (QED) is 0.269. The van der Waals surface area contributed by atoms with E-state index in [1.54, 1.807) is 14.2 Å². The van der Waals surface area contributed by atoms with Gasteiger partial charge in [-0.05, 0) is 0 Å². The fourth-order valence-electron chi connectivity index (χ4n) is 4.73. The number of rotatable bonds is 4. The summed E-state index contributed by atoms with van der Waals surface area (Å²) in [4.78, 5) is 0. The first kappa shape index (κ1) is 33.0. The molecule has 0 bridgehead atoms. The van der Waals surface area contributed by atoms with Crippen LogP contribution in [0.3, 0.4) is 0 Å². The van der Waals surface area contributed by atoms with E-state index in [2.05, 4.69) is 127 Å². The van der Waals surface area contributed by atoms with Crippen LogP contribution in [0.4, 0.5) is 0 Å². The first-order valence-electron chi connectivity index (χ1n) is 13.2. The van der Waals surface area contributed by atoms with Crippen molar-refractivity contribution >= 4 is 35.5 Å². The van der Waals surface area contributed by atoms with Gasteiger partial charge in [0.15, 0.2) is 0 Å². The molecular formula is C37H30Cl2O2Zr-2. The Hall–Kier alpha value is -3.49. The van der Waals surface area contributed by atoms with E-state index < -0.39 is 0 Å². The number of benzene rings is 5. The molecule has 0 N–H and O–H groups in total. The third-order valence-electron chi connectivity index (χ3n) is 6.79. The van der Waals surface area contributed by atoms with Gasteiger partial charge in [-0.25, -0.2) is 0 Å². The molecule has 0 fully saturated rings. The van der Waals surface area contributed by atoms with Gasteiger partial charge in [-0.1, -0.05) is 48.5 Å². The van der Waals surface area contributed by atoms with E-state index in [1.807, 2.05) is 18.2 Å². The molecule has 0 radical (unpaired) electrons. The minimum absolute atomic E-state index is 0. The molecule has 0 aliphatic carbocycles. The van der Waals surface area contributed by atoms with Crippen LogP contribution in [-0.4, -0.2) is 17.4 Å². The third-order valence-corrected chi connectivity index (χ3v) is 8.21. The van der Waals surface area contributed by atoms with Crippen molar-refractivity contribution in [2.45, 2.75) is 0 Å². The Labute approximate surface area is 274 Å². The summed E-state index contributed by atoms with van der Waals surface area (Å²) in [5.74, 6) is 1.56. The van der Waals surface area contributed by atoms with Crippen molar-refractivity contribution < 1.29 is 58.5 Å². The summed E-state index contributed by atoms with van der Waals surface area (Å²) < 4.78 is 11.8. The number of fused-ring (bicyclic) bond motifs is 4. The predicted octanol–water partition coefficient (Wildman–Crippen LogP) is 3.10. The molecule has 7 rings (SSSR count). The molecule has 0 amide bonds. The van der Waals surface area contributed by atoms with E-state index in [0.29, 0.717) is 0 Å². The molecule has 42 heavy (non-hydrogen) atoms. The first-order chi connectivity index (χ1) is 19.7. The summed E-state index contributed by atoms with van der Waals surface area (Å²) in [5.41, 5.74) is 2.66. The zero-order valence-corrected chi connectivity index (χ0v) is 27.4. The van der Waals surface area contributed by atoms with Gasteiger partial charge < -0.3 is 34.3 Å². The van der Waals surface area contributed by atoms with Crippen LogP contribution in [0, 0.1) is 0 Å². The number of ether oxygens (including phenoxy) is 2. The molecule has 0 saturated carbocycles. The molecule has 7 aromatic carbocycles. The molecule has 0 heterocycles. The number of hydrogen-bond donors (Lipinski definition) is 0. The van der Waals surface area contributed by atoms with Crippen LogP contribution in [0.5, 0.6) is 11.5 Å². The molecule has 210 valence electrons. The van der Waals surface area contributed by atoms with Gasteiger partial charge in [-0.3, -0.25) is 0 Å². The summed E-state index contributed by atoms with van der Waals surface area (Å²) in [6.07, 6.45) is 0. The zero-order valence-electron chi connectivity index (χ0n) is 23.4. The summed E-state index contributed by atoms with van der Waals surface area (Å²) in [7, 11) is 3.29. The Morgan fingerprint density at radius 3 is 1.50 bits per heavy atom. The smallest absolute Gasteiger partial charge is 0.0771 e. The molecule has 0 aliphatic rings. The van der Waals surface area contributed by atoms with Crippen molar-refractivity contribution in [2.24, 2.45) is 0 Å². The summed E-state index contributed by atoms with van der Waals surface area (Å²) in [6, 6.07) is 50.5. The van der Waals surface area contributed by atoms with E-state index in [-0.39, 0.29) is 24.8 Å². The molecule has 0 atom stereocenters. The molecule has 0 saturated heterocycles. The summed E-state index contributed by atoms with van der Waals surface area (Å²) >= 11 is 1.46. The van der Waals surface area contributed by atoms with Gasteiger partial charge in [0.05, 0.1) is 14.2 Å².